The number of rotatable bonds is 8. The van der Waals surface area contributed by atoms with Crippen molar-refractivity contribution in [1.82, 2.24) is 5.32 Å². The maximum Gasteiger partial charge on any atom is 0.0809 e. The molecule has 0 saturated carbocycles. The third-order valence-electron chi connectivity index (χ3n) is 1.89. The number of ether oxygens (including phenoxy) is 1. The normalized spacial score (nSPS) is 10.6. The Morgan fingerprint density at radius 1 is 1.43 bits per heavy atom. The van der Waals surface area contributed by atoms with E-state index in [0.29, 0.717) is 0 Å². The molecule has 0 amide bonds. The van der Waals surface area contributed by atoms with E-state index in [9.17, 15) is 0 Å². The van der Waals surface area contributed by atoms with E-state index in [1.165, 1.54) is 11.3 Å². The first-order valence-electron chi connectivity index (χ1n) is 5.24. The highest BCUT2D eigenvalue weighted by Gasteiger charge is 1.93. The molecule has 0 bridgehead atoms. The van der Waals surface area contributed by atoms with Gasteiger partial charge in [0.05, 0.1) is 6.61 Å². The van der Waals surface area contributed by atoms with E-state index in [-0.39, 0.29) is 0 Å². The van der Waals surface area contributed by atoms with Crippen LogP contribution in [0.3, 0.4) is 0 Å². The van der Waals surface area contributed by atoms with Gasteiger partial charge in [0.25, 0.3) is 0 Å². The van der Waals surface area contributed by atoms with Gasteiger partial charge in [0.1, 0.15) is 0 Å². The summed E-state index contributed by atoms with van der Waals surface area (Å²) in [6.45, 7) is 5.99. The molecule has 1 aromatic heterocycles. The van der Waals surface area contributed by atoms with Gasteiger partial charge < -0.3 is 10.1 Å². The zero-order chi connectivity index (χ0) is 10.1. The van der Waals surface area contributed by atoms with Crippen molar-refractivity contribution in [2.24, 2.45) is 0 Å². The molecule has 1 aromatic rings. The Bertz CT molecular complexity index is 211. The molecule has 0 saturated heterocycles. The van der Waals surface area contributed by atoms with Crippen LogP contribution in [-0.2, 0) is 11.3 Å². The standard InChI is InChI=1S/C11H19NOS/c1-2-6-12-7-4-8-13-10-11-5-3-9-14-11/h3,5,9,12H,2,4,6-8,10H2,1H3. The molecule has 80 valence electrons. The third-order valence-corrected chi connectivity index (χ3v) is 2.74. The monoisotopic (exact) mass is 213 g/mol. The number of nitrogens with one attached hydrogen (secondary N) is 1. The van der Waals surface area contributed by atoms with E-state index in [1.54, 1.807) is 11.3 Å². The molecular formula is C11H19NOS. The molecule has 14 heavy (non-hydrogen) atoms. The van der Waals surface area contributed by atoms with E-state index >= 15 is 0 Å². The smallest absolute Gasteiger partial charge is 0.0809 e. The van der Waals surface area contributed by atoms with Crippen LogP contribution < -0.4 is 5.32 Å². The van der Waals surface area contributed by atoms with Crippen LogP contribution in [0.15, 0.2) is 17.5 Å². The van der Waals surface area contributed by atoms with Crippen molar-refractivity contribution in [3.8, 4) is 0 Å². The predicted octanol–water partition coefficient (Wildman–Crippen LogP) is 2.65. The van der Waals surface area contributed by atoms with Crippen LogP contribution in [0.2, 0.25) is 0 Å². The van der Waals surface area contributed by atoms with Gasteiger partial charge in [0.2, 0.25) is 0 Å². The molecule has 0 fully saturated rings. The van der Waals surface area contributed by atoms with Gasteiger partial charge in [-0.05, 0) is 37.4 Å². The summed E-state index contributed by atoms with van der Waals surface area (Å²) in [7, 11) is 0. The maximum atomic E-state index is 5.53. The second-order valence-electron chi connectivity index (χ2n) is 3.24. The number of hydrogen-bond acceptors (Lipinski definition) is 3. The highest BCUT2D eigenvalue weighted by atomic mass is 32.1. The highest BCUT2D eigenvalue weighted by Crippen LogP contribution is 2.09. The Kier molecular flexibility index (Phi) is 6.66. The van der Waals surface area contributed by atoms with Gasteiger partial charge in [0, 0.05) is 11.5 Å². The minimum atomic E-state index is 0.769. The summed E-state index contributed by atoms with van der Waals surface area (Å²) in [5, 5.41) is 5.44. The minimum Gasteiger partial charge on any atom is -0.376 e. The van der Waals surface area contributed by atoms with Crippen molar-refractivity contribution in [3.63, 3.8) is 0 Å². The second kappa shape index (κ2) is 7.97. The van der Waals surface area contributed by atoms with Crippen molar-refractivity contribution in [2.75, 3.05) is 19.7 Å². The molecule has 2 nitrogen and oxygen atoms in total. The van der Waals surface area contributed by atoms with Crippen LogP contribution in [-0.4, -0.2) is 19.7 Å². The van der Waals surface area contributed by atoms with Crippen molar-refractivity contribution >= 4 is 11.3 Å². The van der Waals surface area contributed by atoms with E-state index in [1.807, 2.05) is 0 Å². The molecule has 0 unspecified atom stereocenters. The van der Waals surface area contributed by atoms with Gasteiger partial charge in [-0.25, -0.2) is 0 Å². The SMILES string of the molecule is CCCNCCCOCc1cccs1. The van der Waals surface area contributed by atoms with Crippen LogP contribution in [0.25, 0.3) is 0 Å². The highest BCUT2D eigenvalue weighted by molar-refractivity contribution is 7.09. The molecule has 1 N–H and O–H groups in total. The number of thiophene rings is 1. The first-order valence-corrected chi connectivity index (χ1v) is 6.12. The summed E-state index contributed by atoms with van der Waals surface area (Å²) in [5.41, 5.74) is 0. The Hall–Kier alpha value is -0.380. The van der Waals surface area contributed by atoms with Crippen LogP contribution in [0.5, 0.6) is 0 Å². The van der Waals surface area contributed by atoms with Gasteiger partial charge >= 0.3 is 0 Å². The third kappa shape index (κ3) is 5.37. The molecular weight excluding hydrogens is 194 g/mol. The average Bonchev–Trinajstić information content (AvgIpc) is 2.69. The van der Waals surface area contributed by atoms with Crippen molar-refractivity contribution in [3.05, 3.63) is 22.4 Å². The zero-order valence-corrected chi connectivity index (χ0v) is 9.61. The summed E-state index contributed by atoms with van der Waals surface area (Å²) in [4.78, 5) is 1.31. The molecule has 0 spiro atoms. The van der Waals surface area contributed by atoms with Crippen molar-refractivity contribution in [2.45, 2.75) is 26.4 Å². The van der Waals surface area contributed by atoms with E-state index in [0.717, 1.165) is 32.7 Å². The Balaban J connectivity index is 1.85. The molecule has 0 aliphatic carbocycles. The van der Waals surface area contributed by atoms with E-state index in [2.05, 4.69) is 29.8 Å². The van der Waals surface area contributed by atoms with Crippen LogP contribution in [0.4, 0.5) is 0 Å². The topological polar surface area (TPSA) is 21.3 Å². The summed E-state index contributed by atoms with van der Waals surface area (Å²) >= 11 is 1.75. The summed E-state index contributed by atoms with van der Waals surface area (Å²) in [5.74, 6) is 0. The molecule has 0 aromatic carbocycles. The van der Waals surface area contributed by atoms with Gasteiger partial charge in [0.15, 0.2) is 0 Å². The van der Waals surface area contributed by atoms with Crippen LogP contribution in [0, 0.1) is 0 Å². The lowest BCUT2D eigenvalue weighted by atomic mass is 10.4. The largest absolute Gasteiger partial charge is 0.376 e. The quantitative estimate of drug-likeness (QED) is 0.670. The Morgan fingerprint density at radius 2 is 2.36 bits per heavy atom. The fourth-order valence-electron chi connectivity index (χ4n) is 1.17. The van der Waals surface area contributed by atoms with Crippen molar-refractivity contribution in [1.29, 1.82) is 0 Å². The predicted molar refractivity (Wildman–Crippen MR) is 61.8 cm³/mol. The fourth-order valence-corrected chi connectivity index (χ4v) is 1.81. The minimum absolute atomic E-state index is 0.769. The lowest BCUT2D eigenvalue weighted by Gasteiger charge is -2.03. The molecule has 1 heterocycles. The van der Waals surface area contributed by atoms with Crippen LogP contribution in [0.1, 0.15) is 24.6 Å². The second-order valence-corrected chi connectivity index (χ2v) is 4.27. The first kappa shape index (κ1) is 11.7. The van der Waals surface area contributed by atoms with Gasteiger partial charge in [-0.3, -0.25) is 0 Å². The van der Waals surface area contributed by atoms with Gasteiger partial charge in [-0.15, -0.1) is 11.3 Å². The van der Waals surface area contributed by atoms with Crippen LogP contribution >= 0.6 is 11.3 Å². The van der Waals surface area contributed by atoms with Gasteiger partial charge in [-0.2, -0.15) is 0 Å². The summed E-state index contributed by atoms with van der Waals surface area (Å²) in [6.07, 6.45) is 2.31. The molecule has 0 aliphatic heterocycles. The molecule has 3 heteroatoms. The Morgan fingerprint density at radius 3 is 3.07 bits per heavy atom. The van der Waals surface area contributed by atoms with Crippen molar-refractivity contribution < 1.29 is 4.74 Å². The Labute approximate surface area is 90.3 Å². The summed E-state index contributed by atoms with van der Waals surface area (Å²) < 4.78 is 5.53. The molecule has 1 rings (SSSR count). The molecule has 0 radical (unpaired) electrons. The average molecular weight is 213 g/mol. The number of hydrogen-bond donors (Lipinski definition) is 1. The zero-order valence-electron chi connectivity index (χ0n) is 8.79. The lowest BCUT2D eigenvalue weighted by molar-refractivity contribution is 0.120. The van der Waals surface area contributed by atoms with E-state index in [4.69, 9.17) is 4.74 Å². The molecule has 0 aliphatic rings. The lowest BCUT2D eigenvalue weighted by Crippen LogP contribution is -2.17. The summed E-state index contributed by atoms with van der Waals surface area (Å²) in [6, 6.07) is 4.17. The van der Waals surface area contributed by atoms with E-state index < -0.39 is 0 Å². The molecule has 0 atom stereocenters. The van der Waals surface area contributed by atoms with Gasteiger partial charge in [-0.1, -0.05) is 13.0 Å². The maximum absolute atomic E-state index is 5.53. The first-order chi connectivity index (χ1) is 6.93. The fraction of sp³-hybridized carbons (Fsp3) is 0.636.